The van der Waals surface area contributed by atoms with Gasteiger partial charge < -0.3 is 14.6 Å². The van der Waals surface area contributed by atoms with Crippen LogP contribution >= 0.6 is 0 Å². The number of aromatic nitrogens is 1. The molecule has 0 saturated carbocycles. The molecule has 132 valence electrons. The maximum atomic E-state index is 12.6. The molecule has 7 nitrogen and oxygen atoms in total. The summed E-state index contributed by atoms with van der Waals surface area (Å²) in [6.45, 7) is 5.90. The van der Waals surface area contributed by atoms with Crippen LogP contribution < -0.4 is 10.9 Å². The van der Waals surface area contributed by atoms with Crippen molar-refractivity contribution in [3.63, 3.8) is 0 Å². The summed E-state index contributed by atoms with van der Waals surface area (Å²) in [5, 5.41) is 2.78. The molecule has 1 aliphatic heterocycles. The highest BCUT2D eigenvalue weighted by Crippen LogP contribution is 2.21. The second-order valence-corrected chi connectivity index (χ2v) is 7.04. The number of carbonyl (C=O) groups excluding carboxylic acids is 2. The minimum atomic E-state index is -0.604. The van der Waals surface area contributed by atoms with Crippen molar-refractivity contribution >= 4 is 17.7 Å². The summed E-state index contributed by atoms with van der Waals surface area (Å²) in [7, 11) is 1.62. The van der Waals surface area contributed by atoms with Gasteiger partial charge in [0.2, 0.25) is 11.5 Å². The number of piperidine rings is 1. The first-order valence-electron chi connectivity index (χ1n) is 8.14. The van der Waals surface area contributed by atoms with Crippen LogP contribution in [0.2, 0.25) is 0 Å². The number of aryl methyl sites for hydroxylation is 1. The van der Waals surface area contributed by atoms with Gasteiger partial charge in [0.15, 0.2) is 0 Å². The summed E-state index contributed by atoms with van der Waals surface area (Å²) >= 11 is 0. The average Bonchev–Trinajstić information content (AvgIpc) is 2.49. The van der Waals surface area contributed by atoms with Gasteiger partial charge in [0.1, 0.15) is 11.6 Å². The second-order valence-electron chi connectivity index (χ2n) is 7.04. The lowest BCUT2D eigenvalue weighted by atomic mass is 10.0. The van der Waals surface area contributed by atoms with E-state index < -0.39 is 17.7 Å². The van der Waals surface area contributed by atoms with E-state index in [9.17, 15) is 14.4 Å². The number of ether oxygens (including phenoxy) is 1. The average molecular weight is 335 g/mol. The summed E-state index contributed by atoms with van der Waals surface area (Å²) in [6.07, 6.45) is 3.41. The number of likely N-dealkylation sites (tertiary alicyclic amines) is 1. The van der Waals surface area contributed by atoms with E-state index in [1.807, 2.05) is 0 Å². The first-order valence-corrected chi connectivity index (χ1v) is 8.14. The largest absolute Gasteiger partial charge is 0.444 e. The van der Waals surface area contributed by atoms with E-state index in [1.165, 1.54) is 15.5 Å². The van der Waals surface area contributed by atoms with E-state index in [0.29, 0.717) is 18.7 Å². The van der Waals surface area contributed by atoms with Crippen LogP contribution in [0.5, 0.6) is 0 Å². The number of rotatable bonds is 2. The maximum absolute atomic E-state index is 12.6. The Morgan fingerprint density at radius 1 is 1.25 bits per heavy atom. The number of carbonyl (C=O) groups is 2. The standard InChI is InChI=1S/C17H25N3O4/c1-17(2,3)24-16(23)20-10-6-5-7-13(20)15(22)18-12-8-9-14(21)19(4)11-12/h8-9,11,13H,5-7,10H2,1-4H3,(H,18,22)/t13-/m0/s1. The third kappa shape index (κ3) is 4.59. The van der Waals surface area contributed by atoms with Crippen molar-refractivity contribution in [2.45, 2.75) is 51.7 Å². The normalized spacial score (nSPS) is 18.2. The van der Waals surface area contributed by atoms with Crippen molar-refractivity contribution in [2.24, 2.45) is 7.05 Å². The van der Waals surface area contributed by atoms with Gasteiger partial charge in [0, 0.05) is 25.9 Å². The topological polar surface area (TPSA) is 80.6 Å². The molecular formula is C17H25N3O4. The zero-order valence-electron chi connectivity index (χ0n) is 14.7. The summed E-state index contributed by atoms with van der Waals surface area (Å²) in [5.74, 6) is -0.265. The van der Waals surface area contributed by atoms with Crippen LogP contribution in [-0.4, -0.2) is 39.7 Å². The molecular weight excluding hydrogens is 310 g/mol. The molecule has 24 heavy (non-hydrogen) atoms. The van der Waals surface area contributed by atoms with Crippen molar-refractivity contribution in [3.05, 3.63) is 28.7 Å². The molecule has 7 heteroatoms. The fourth-order valence-corrected chi connectivity index (χ4v) is 2.64. The van der Waals surface area contributed by atoms with Crippen molar-refractivity contribution < 1.29 is 14.3 Å². The quantitative estimate of drug-likeness (QED) is 0.897. The SMILES string of the molecule is Cn1cc(NC(=O)[C@@H]2CCCCN2C(=O)OC(C)(C)C)ccc1=O. The third-order valence-electron chi connectivity index (χ3n) is 3.79. The Morgan fingerprint density at radius 3 is 2.58 bits per heavy atom. The molecule has 0 aromatic carbocycles. The predicted molar refractivity (Wildman–Crippen MR) is 90.9 cm³/mol. The molecule has 1 fully saturated rings. The van der Waals surface area contributed by atoms with E-state index in [-0.39, 0.29) is 11.5 Å². The Kier molecular flexibility index (Phi) is 5.31. The van der Waals surface area contributed by atoms with E-state index in [1.54, 1.807) is 40.1 Å². The molecule has 1 saturated heterocycles. The van der Waals surface area contributed by atoms with Gasteiger partial charge in [-0.25, -0.2) is 4.79 Å². The zero-order valence-corrected chi connectivity index (χ0v) is 14.7. The Balaban J connectivity index is 2.11. The molecule has 0 radical (unpaired) electrons. The monoisotopic (exact) mass is 335 g/mol. The van der Waals surface area contributed by atoms with Crippen LogP contribution in [-0.2, 0) is 16.6 Å². The summed E-state index contributed by atoms with van der Waals surface area (Å²) < 4.78 is 6.80. The van der Waals surface area contributed by atoms with Gasteiger partial charge in [-0.15, -0.1) is 0 Å². The molecule has 0 aliphatic carbocycles. The van der Waals surface area contributed by atoms with Crippen molar-refractivity contribution in [3.8, 4) is 0 Å². The van der Waals surface area contributed by atoms with Crippen LogP contribution in [0.25, 0.3) is 0 Å². The first kappa shape index (κ1) is 18.0. The molecule has 1 atom stereocenters. The van der Waals surface area contributed by atoms with E-state index in [0.717, 1.165) is 12.8 Å². The minimum Gasteiger partial charge on any atom is -0.444 e. The molecule has 2 heterocycles. The van der Waals surface area contributed by atoms with Gasteiger partial charge in [-0.2, -0.15) is 0 Å². The lowest BCUT2D eigenvalue weighted by Crippen LogP contribution is -2.51. The maximum Gasteiger partial charge on any atom is 0.410 e. The Bertz CT molecular complexity index is 675. The molecule has 0 spiro atoms. The van der Waals surface area contributed by atoms with Gasteiger partial charge in [-0.05, 0) is 46.1 Å². The van der Waals surface area contributed by atoms with Crippen molar-refractivity contribution in [1.29, 1.82) is 0 Å². The van der Waals surface area contributed by atoms with Crippen molar-refractivity contribution in [1.82, 2.24) is 9.47 Å². The summed E-state index contributed by atoms with van der Waals surface area (Å²) in [5.41, 5.74) is -0.231. The molecule has 1 aliphatic rings. The van der Waals surface area contributed by atoms with E-state index in [2.05, 4.69) is 5.32 Å². The van der Waals surface area contributed by atoms with Gasteiger partial charge in [-0.3, -0.25) is 14.5 Å². The zero-order chi connectivity index (χ0) is 17.9. The predicted octanol–water partition coefficient (Wildman–Crippen LogP) is 2.11. The highest BCUT2D eigenvalue weighted by molar-refractivity contribution is 5.96. The fourth-order valence-electron chi connectivity index (χ4n) is 2.64. The van der Waals surface area contributed by atoms with E-state index >= 15 is 0 Å². The number of amides is 2. The van der Waals surface area contributed by atoms with E-state index in [4.69, 9.17) is 4.74 Å². The summed E-state index contributed by atoms with van der Waals surface area (Å²) in [6, 6.07) is 2.38. The summed E-state index contributed by atoms with van der Waals surface area (Å²) in [4.78, 5) is 37.9. The molecule has 0 bridgehead atoms. The highest BCUT2D eigenvalue weighted by atomic mass is 16.6. The lowest BCUT2D eigenvalue weighted by Gasteiger charge is -2.35. The molecule has 2 rings (SSSR count). The van der Waals surface area contributed by atoms with Crippen LogP contribution in [0.1, 0.15) is 40.0 Å². The third-order valence-corrected chi connectivity index (χ3v) is 3.79. The van der Waals surface area contributed by atoms with Gasteiger partial charge >= 0.3 is 6.09 Å². The number of nitrogens with one attached hydrogen (secondary N) is 1. The fraction of sp³-hybridized carbons (Fsp3) is 0.588. The number of nitrogens with zero attached hydrogens (tertiary/aromatic N) is 2. The molecule has 1 aromatic rings. The number of hydrogen-bond donors (Lipinski definition) is 1. The number of hydrogen-bond acceptors (Lipinski definition) is 4. The van der Waals surface area contributed by atoms with Gasteiger partial charge in [0.25, 0.3) is 0 Å². The van der Waals surface area contributed by atoms with Crippen LogP contribution in [0.3, 0.4) is 0 Å². The molecule has 1 N–H and O–H groups in total. The minimum absolute atomic E-state index is 0.152. The molecule has 0 unspecified atom stereocenters. The number of pyridine rings is 1. The Labute approximate surface area is 141 Å². The second kappa shape index (κ2) is 7.07. The Hall–Kier alpha value is -2.31. The van der Waals surface area contributed by atoms with Crippen LogP contribution in [0.4, 0.5) is 10.5 Å². The molecule has 1 aromatic heterocycles. The number of anilines is 1. The first-order chi connectivity index (χ1) is 11.2. The van der Waals surface area contributed by atoms with Crippen LogP contribution in [0.15, 0.2) is 23.1 Å². The van der Waals surface area contributed by atoms with Crippen LogP contribution in [0, 0.1) is 0 Å². The van der Waals surface area contributed by atoms with Gasteiger partial charge in [-0.1, -0.05) is 0 Å². The van der Waals surface area contributed by atoms with Gasteiger partial charge in [0.05, 0.1) is 5.69 Å². The Morgan fingerprint density at radius 2 is 1.96 bits per heavy atom. The highest BCUT2D eigenvalue weighted by Gasteiger charge is 2.34. The smallest absolute Gasteiger partial charge is 0.410 e. The lowest BCUT2D eigenvalue weighted by molar-refractivity contribution is -0.122. The van der Waals surface area contributed by atoms with Crippen molar-refractivity contribution in [2.75, 3.05) is 11.9 Å². The molecule has 2 amide bonds.